The van der Waals surface area contributed by atoms with Gasteiger partial charge in [0.2, 0.25) is 53.2 Å². The average molecular weight is 1780 g/mol. The summed E-state index contributed by atoms with van der Waals surface area (Å²) in [5.41, 5.74) is 0. The van der Waals surface area contributed by atoms with Crippen LogP contribution in [0.1, 0.15) is 188 Å². The number of amides is 9. The van der Waals surface area contributed by atoms with Crippen molar-refractivity contribution in [1.82, 2.24) is 46.6 Å². The van der Waals surface area contributed by atoms with Gasteiger partial charge in [0.25, 0.3) is 0 Å². The highest BCUT2D eigenvalue weighted by atomic mass is 31.2. The number of allylic oxidation sites excluding steroid dienone is 1. The number of aliphatic hydroxyl groups excluding tert-OH is 10. The van der Waals surface area contributed by atoms with Gasteiger partial charge in [-0.2, -0.15) is 0 Å². The number of phosphoric acid groups is 2. The van der Waals surface area contributed by atoms with E-state index in [9.17, 15) is 113 Å². The zero-order valence-electron chi connectivity index (χ0n) is 70.4. The van der Waals surface area contributed by atoms with Crippen molar-refractivity contribution in [2.45, 2.75) is 280 Å². The molecule has 3 heterocycles. The molecule has 18 N–H and O–H groups in total. The third-order valence-electron chi connectivity index (χ3n) is 19.7. The molecule has 3 rings (SSSR count). The first-order valence-electron chi connectivity index (χ1n) is 42.1. The average Bonchev–Trinajstić information content (AvgIpc) is 0.818. The lowest BCUT2D eigenvalue weighted by Gasteiger charge is -2.42. The summed E-state index contributed by atoms with van der Waals surface area (Å²) in [6.45, 7) is 1.76. The number of nitrogens with one attached hydrogen (secondary N) is 6. The molecule has 0 radical (unpaired) electrons. The molecule has 45 heteroatoms. The fraction of sp³-hybridized carbons (Fsp3) is 0.855. The van der Waals surface area contributed by atoms with Gasteiger partial charge in [0.05, 0.1) is 65.7 Å². The van der Waals surface area contributed by atoms with Gasteiger partial charge in [-0.1, -0.05) is 51.5 Å². The molecule has 43 nitrogen and oxygen atoms in total. The summed E-state index contributed by atoms with van der Waals surface area (Å²) in [4.78, 5) is 139. The minimum absolute atomic E-state index is 0.0525. The van der Waals surface area contributed by atoms with Crippen LogP contribution in [0.3, 0.4) is 0 Å². The Labute approximate surface area is 707 Å². The van der Waals surface area contributed by atoms with E-state index in [1.54, 1.807) is 6.08 Å². The zero-order chi connectivity index (χ0) is 89.6. The van der Waals surface area contributed by atoms with E-state index < -0.39 is 184 Å². The Balaban J connectivity index is 1.48. The van der Waals surface area contributed by atoms with Crippen LogP contribution in [0.15, 0.2) is 12.3 Å². The summed E-state index contributed by atoms with van der Waals surface area (Å²) in [7, 11) is -9.72. The number of unbranched alkanes of at least 4 members (excludes halogenated alkanes) is 12. The van der Waals surface area contributed by atoms with Crippen molar-refractivity contribution in [1.29, 1.82) is 0 Å². The minimum Gasteiger partial charge on any atom is -0.500 e. The first-order chi connectivity index (χ1) is 57.8. The molecule has 0 aromatic carbocycles. The van der Waals surface area contributed by atoms with Crippen molar-refractivity contribution in [2.24, 2.45) is 0 Å². The first-order valence-corrected chi connectivity index (χ1v) is 45.1. The van der Waals surface area contributed by atoms with Crippen LogP contribution < -0.4 is 31.9 Å². The number of aliphatic hydroxyl groups is 10. The molecule has 0 aromatic rings. The van der Waals surface area contributed by atoms with E-state index in [1.165, 1.54) is 41.7 Å². The predicted octanol–water partition coefficient (Wildman–Crippen LogP) is -1.74. The maximum absolute atomic E-state index is 13.8. The number of hydrogen-bond donors (Lipinski definition) is 18. The molecule has 3 saturated heterocycles. The van der Waals surface area contributed by atoms with Gasteiger partial charge in [0.15, 0.2) is 18.9 Å². The standard InChI is InChI=1S/C76H139N9O34P2/c1-5-6-41-109-45-35-84(63(97)29-17-8-20-32-78-60(94)26-14-11-23-43-111-75-66(81-54(3)91)72(103)69(100)57(51-88)118-75)37-47-114-121(107,108)116-49-39-85(64(98)30-18-9-21-33-79-61(95)27-15-12-24-44-112-76-67(82-55(4)92)73(104)70(101)58(52-89)119-76)38-48-115-120(105,106)113-46-36-83(34-40-86)62(96)28-16-7-19-31-77-59(93)25-13-10-22-42-110-74-65(80-53(2)90)71(102)68(99)56(50-87)117-74/h6,41,56-58,65-76,86-89,99-104H,5,7-40,42-52H2,1-4H3,(H,77,93)(H,78,94)(H,79,95)(H,80,90)(H,81,91)(H,82,92)(H,105,106)(H,107,108)/b41-6-. The quantitative estimate of drug-likeness (QED) is 0.0183. The number of carbonyl (C=O) groups is 9. The molecule has 121 heavy (non-hydrogen) atoms. The number of carbonyl (C=O) groups excluding carboxylic acids is 9. The summed E-state index contributed by atoms with van der Waals surface area (Å²) < 4.78 is 86.8. The smallest absolute Gasteiger partial charge is 0.472 e. The van der Waals surface area contributed by atoms with Crippen LogP contribution in [-0.2, 0) is 104 Å². The van der Waals surface area contributed by atoms with Gasteiger partial charge in [-0.05, 0) is 83.5 Å². The monoisotopic (exact) mass is 1780 g/mol. The van der Waals surface area contributed by atoms with Crippen molar-refractivity contribution < 1.29 is 164 Å². The van der Waals surface area contributed by atoms with Crippen molar-refractivity contribution in [2.75, 3.05) is 138 Å². The van der Waals surface area contributed by atoms with Crippen molar-refractivity contribution in [3.63, 3.8) is 0 Å². The Morgan fingerprint density at radius 3 is 0.909 bits per heavy atom. The summed E-state index contributed by atoms with van der Waals surface area (Å²) in [6.07, 6.45) is -1.53. The van der Waals surface area contributed by atoms with E-state index in [1.807, 2.05) is 6.92 Å². The van der Waals surface area contributed by atoms with E-state index in [2.05, 4.69) is 31.9 Å². The highest BCUT2D eigenvalue weighted by Gasteiger charge is 2.48. The van der Waals surface area contributed by atoms with Crippen LogP contribution >= 0.6 is 15.6 Å². The van der Waals surface area contributed by atoms with Crippen molar-refractivity contribution in [3.05, 3.63) is 12.3 Å². The third-order valence-corrected chi connectivity index (χ3v) is 21.7. The molecule has 3 aliphatic heterocycles. The number of ether oxygens (including phenoxy) is 7. The molecule has 17 unspecified atom stereocenters. The summed E-state index contributed by atoms with van der Waals surface area (Å²) in [5.74, 6) is -3.20. The van der Waals surface area contributed by atoms with Crippen LogP contribution in [0.4, 0.5) is 0 Å². The summed E-state index contributed by atoms with van der Waals surface area (Å²) in [6, 6.07) is -3.21. The van der Waals surface area contributed by atoms with E-state index in [0.717, 1.165) is 0 Å². The molecule has 0 saturated carbocycles. The minimum atomic E-state index is -4.86. The fourth-order valence-corrected chi connectivity index (χ4v) is 14.4. The Morgan fingerprint density at radius 2 is 0.636 bits per heavy atom. The molecule has 702 valence electrons. The fourth-order valence-electron chi connectivity index (χ4n) is 13.0. The first kappa shape index (κ1) is 110. The van der Waals surface area contributed by atoms with Gasteiger partial charge < -0.3 is 141 Å². The van der Waals surface area contributed by atoms with Gasteiger partial charge in [-0.3, -0.25) is 61.2 Å². The van der Waals surface area contributed by atoms with E-state index >= 15 is 0 Å². The number of phosphoric ester groups is 2. The lowest BCUT2D eigenvalue weighted by Crippen LogP contribution is -2.64. The van der Waals surface area contributed by atoms with Crippen molar-refractivity contribution >= 4 is 68.8 Å². The molecular formula is C76H139N9O34P2. The topological polar surface area (TPSA) is 614 Å². The predicted molar refractivity (Wildman–Crippen MR) is 429 cm³/mol. The highest BCUT2D eigenvalue weighted by molar-refractivity contribution is 7.47. The molecule has 9 amide bonds. The SMILES string of the molecule is CC/C=C\OCCN(CCOP(=O)(O)OCCN(CCOP(=O)(O)OCCN(CCO)C(=O)CCCCCNC(=O)CCCCCOC1OC(CO)C(O)C(O)C1NC(C)=O)C(=O)CCCCCNC(=O)CCCCCOC1OC(CO)C(O)C(O)C1NC(C)=O)C(=O)CCCCCNC(=O)CCCCCOC1OC(CO)C(O)C(O)C1NC(C)=O. The van der Waals surface area contributed by atoms with Gasteiger partial charge in [0.1, 0.15) is 79.7 Å². The van der Waals surface area contributed by atoms with Crippen molar-refractivity contribution in [3.8, 4) is 0 Å². The zero-order valence-corrected chi connectivity index (χ0v) is 72.2. The number of rotatable bonds is 68. The number of hydrogen-bond acceptors (Lipinski definition) is 32. The second-order valence-corrected chi connectivity index (χ2v) is 32.5. The van der Waals surface area contributed by atoms with E-state index in [4.69, 9.17) is 51.3 Å². The van der Waals surface area contributed by atoms with Crippen LogP contribution in [0, 0.1) is 0 Å². The Morgan fingerprint density at radius 1 is 0.364 bits per heavy atom. The molecule has 0 spiro atoms. The molecule has 3 fully saturated rings. The molecule has 17 atom stereocenters. The van der Waals surface area contributed by atoms with Gasteiger partial charge in [-0.15, -0.1) is 0 Å². The molecule has 0 bridgehead atoms. The maximum Gasteiger partial charge on any atom is 0.472 e. The number of nitrogens with zero attached hydrogens (tertiary/aromatic N) is 3. The highest BCUT2D eigenvalue weighted by Crippen LogP contribution is 2.44. The van der Waals surface area contributed by atoms with E-state index in [0.29, 0.717) is 135 Å². The van der Waals surface area contributed by atoms with Crippen LogP contribution in [-0.4, -0.2) is 359 Å². The Hall–Kier alpha value is -5.65. The third kappa shape index (κ3) is 46.4. The molecule has 0 aliphatic carbocycles. The second-order valence-electron chi connectivity index (χ2n) is 29.6. The molecule has 3 aliphatic rings. The van der Waals surface area contributed by atoms with Crippen LogP contribution in [0.2, 0.25) is 0 Å². The lowest BCUT2D eigenvalue weighted by molar-refractivity contribution is -0.270. The summed E-state index contributed by atoms with van der Waals surface area (Å²) >= 11 is 0. The maximum atomic E-state index is 13.8. The van der Waals surface area contributed by atoms with Crippen LogP contribution in [0.5, 0.6) is 0 Å². The summed E-state index contributed by atoms with van der Waals surface area (Å²) in [5, 5.41) is 117. The Kier molecular flexibility index (Phi) is 57.3. The van der Waals surface area contributed by atoms with Gasteiger partial charge in [0, 0.05) is 131 Å². The second kappa shape index (κ2) is 63.3. The lowest BCUT2D eigenvalue weighted by atomic mass is 9.97. The molecular weight excluding hydrogens is 1640 g/mol. The Bertz CT molecular complexity index is 3090. The van der Waals surface area contributed by atoms with Crippen LogP contribution in [0.25, 0.3) is 0 Å². The van der Waals surface area contributed by atoms with E-state index in [-0.39, 0.29) is 140 Å². The molecule has 0 aromatic heterocycles. The largest absolute Gasteiger partial charge is 0.500 e. The van der Waals surface area contributed by atoms with Gasteiger partial charge >= 0.3 is 15.6 Å². The van der Waals surface area contributed by atoms with Gasteiger partial charge in [-0.25, -0.2) is 9.13 Å². The normalized spacial score (nSPS) is 23.9.